The van der Waals surface area contributed by atoms with Gasteiger partial charge in [0.25, 0.3) is 0 Å². The Balaban J connectivity index is 1.15. The number of aromatic nitrogens is 2. The van der Waals surface area contributed by atoms with Gasteiger partial charge < -0.3 is 13.7 Å². The summed E-state index contributed by atoms with van der Waals surface area (Å²) in [5.74, 6) is 0. The zero-order valence-corrected chi connectivity index (χ0v) is 28.8. The van der Waals surface area contributed by atoms with Gasteiger partial charge in [-0.3, -0.25) is 0 Å². The second-order valence-electron chi connectivity index (χ2n) is 14.4. The Morgan fingerprint density at radius 1 is 0.588 bits per heavy atom. The van der Waals surface area contributed by atoms with Gasteiger partial charge in [-0.15, -0.1) is 11.3 Å². The normalized spacial score (nSPS) is 13.8. The van der Waals surface area contributed by atoms with Gasteiger partial charge >= 0.3 is 0 Å². The van der Waals surface area contributed by atoms with Gasteiger partial charge in [0, 0.05) is 58.8 Å². The van der Waals surface area contributed by atoms with E-state index < -0.39 is 0 Å². The van der Waals surface area contributed by atoms with Crippen LogP contribution in [0.2, 0.25) is 0 Å². The van der Waals surface area contributed by atoms with E-state index in [1.54, 1.807) is 6.39 Å². The Labute approximate surface area is 296 Å². The molecule has 240 valence electrons. The zero-order valence-electron chi connectivity index (χ0n) is 27.9. The smallest absolute Gasteiger partial charge is 0.182 e. The summed E-state index contributed by atoms with van der Waals surface area (Å²) in [4.78, 5) is 7.08. The van der Waals surface area contributed by atoms with Crippen LogP contribution in [0.4, 0.5) is 17.1 Å². The number of hydrogen-bond donors (Lipinski definition) is 0. The maximum Gasteiger partial charge on any atom is 0.182 e. The number of thiophene rings is 1. The molecule has 4 heterocycles. The fraction of sp³-hybridized carbons (Fsp3) is 0.0652. The van der Waals surface area contributed by atoms with E-state index >= 15 is 0 Å². The summed E-state index contributed by atoms with van der Waals surface area (Å²) in [5.41, 5.74) is 13.9. The molecule has 0 saturated carbocycles. The summed E-state index contributed by atoms with van der Waals surface area (Å²) in [6.07, 6.45) is 1.57. The highest BCUT2D eigenvalue weighted by molar-refractivity contribution is 7.25. The molecular weight excluding hydrogens is 643 g/mol. The van der Waals surface area contributed by atoms with Crippen molar-refractivity contribution in [1.29, 1.82) is 0 Å². The number of oxazole rings is 1. The molecule has 51 heavy (non-hydrogen) atoms. The molecule has 4 aromatic heterocycles. The summed E-state index contributed by atoms with van der Waals surface area (Å²) >= 11 is 1.86. The average Bonchev–Trinajstić information content (AvgIpc) is 3.97. The molecule has 0 radical (unpaired) electrons. The zero-order chi connectivity index (χ0) is 33.6. The molecule has 0 bridgehead atoms. The predicted molar refractivity (Wildman–Crippen MR) is 214 cm³/mol. The van der Waals surface area contributed by atoms with Crippen molar-refractivity contribution in [2.24, 2.45) is 0 Å². The molecule has 0 saturated heterocycles. The van der Waals surface area contributed by atoms with Crippen LogP contribution in [-0.2, 0) is 5.41 Å². The number of rotatable bonds is 3. The van der Waals surface area contributed by atoms with Crippen molar-refractivity contribution in [1.82, 2.24) is 9.38 Å². The minimum atomic E-state index is -0.112. The third-order valence-electron chi connectivity index (χ3n) is 11.4. The quantitative estimate of drug-likeness (QED) is 0.187. The molecule has 0 fully saturated rings. The molecule has 1 aliphatic rings. The van der Waals surface area contributed by atoms with Crippen LogP contribution < -0.4 is 4.90 Å². The molecule has 11 aromatic rings. The van der Waals surface area contributed by atoms with Crippen molar-refractivity contribution < 1.29 is 4.42 Å². The number of hydrogen-bond acceptors (Lipinski definition) is 4. The SMILES string of the molecule is CC1(C)c2ccccc2-c2ccc(N(c3ccc4c(c3)sc3ccccc34)c3ccc4c(c3)c3c5ocnc5cc5c6ccccc6n4c53)cc21. The molecule has 12 rings (SSSR count). The van der Waals surface area contributed by atoms with E-state index in [1.807, 2.05) is 11.3 Å². The van der Waals surface area contributed by atoms with Gasteiger partial charge in [-0.05, 0) is 82.9 Å². The summed E-state index contributed by atoms with van der Waals surface area (Å²) in [7, 11) is 0. The Hall–Kier alpha value is -6.17. The van der Waals surface area contributed by atoms with Gasteiger partial charge in [-0.2, -0.15) is 0 Å². The van der Waals surface area contributed by atoms with E-state index in [2.05, 4.69) is 162 Å². The second kappa shape index (κ2) is 9.53. The lowest BCUT2D eigenvalue weighted by molar-refractivity contribution is 0.605. The first-order valence-corrected chi connectivity index (χ1v) is 18.3. The van der Waals surface area contributed by atoms with Gasteiger partial charge in [-0.1, -0.05) is 86.6 Å². The van der Waals surface area contributed by atoms with E-state index in [-0.39, 0.29) is 5.41 Å². The number of anilines is 3. The van der Waals surface area contributed by atoms with Crippen LogP contribution in [0.5, 0.6) is 0 Å². The van der Waals surface area contributed by atoms with Crippen LogP contribution in [-0.4, -0.2) is 9.38 Å². The lowest BCUT2D eigenvalue weighted by atomic mass is 9.82. The summed E-state index contributed by atoms with van der Waals surface area (Å²) in [6.45, 7) is 4.71. The van der Waals surface area contributed by atoms with E-state index in [1.165, 1.54) is 64.2 Å². The first-order valence-electron chi connectivity index (χ1n) is 17.4. The third kappa shape index (κ3) is 3.51. The Morgan fingerprint density at radius 3 is 2.24 bits per heavy atom. The van der Waals surface area contributed by atoms with Gasteiger partial charge in [-0.25, -0.2) is 4.98 Å². The van der Waals surface area contributed by atoms with Crippen LogP contribution in [0, 0.1) is 0 Å². The Bertz CT molecular complexity index is 3250. The molecular formula is C46H29N3OS. The van der Waals surface area contributed by atoms with Crippen LogP contribution in [0.3, 0.4) is 0 Å². The fourth-order valence-corrected chi connectivity index (χ4v) is 10.3. The monoisotopic (exact) mass is 671 g/mol. The van der Waals surface area contributed by atoms with Crippen molar-refractivity contribution in [3.63, 3.8) is 0 Å². The minimum absolute atomic E-state index is 0.112. The molecule has 5 heteroatoms. The highest BCUT2D eigenvalue weighted by Crippen LogP contribution is 2.52. The maximum absolute atomic E-state index is 6.15. The van der Waals surface area contributed by atoms with Crippen LogP contribution in [0.25, 0.3) is 80.5 Å². The van der Waals surface area contributed by atoms with Crippen LogP contribution in [0.1, 0.15) is 25.0 Å². The number of para-hydroxylation sites is 1. The number of benzene rings is 7. The van der Waals surface area contributed by atoms with Gasteiger partial charge in [0.05, 0.1) is 21.9 Å². The van der Waals surface area contributed by atoms with Crippen LogP contribution in [0.15, 0.2) is 144 Å². The molecule has 0 unspecified atom stereocenters. The Kier molecular flexibility index (Phi) is 5.17. The minimum Gasteiger partial charge on any atom is -0.443 e. The van der Waals surface area contributed by atoms with Crippen molar-refractivity contribution in [3.05, 3.63) is 151 Å². The van der Waals surface area contributed by atoms with E-state index in [0.717, 1.165) is 44.5 Å². The lowest BCUT2D eigenvalue weighted by Crippen LogP contribution is -2.16. The molecule has 0 aliphatic heterocycles. The molecule has 0 N–H and O–H groups in total. The summed E-state index contributed by atoms with van der Waals surface area (Å²) in [6, 6.07) is 49.4. The largest absolute Gasteiger partial charge is 0.443 e. The average molecular weight is 672 g/mol. The highest BCUT2D eigenvalue weighted by atomic mass is 32.1. The molecule has 0 atom stereocenters. The van der Waals surface area contributed by atoms with Gasteiger partial charge in [0.2, 0.25) is 0 Å². The van der Waals surface area contributed by atoms with Gasteiger partial charge in [0.15, 0.2) is 12.0 Å². The molecule has 0 spiro atoms. The highest BCUT2D eigenvalue weighted by Gasteiger charge is 2.36. The van der Waals surface area contributed by atoms with Gasteiger partial charge in [0.1, 0.15) is 5.52 Å². The van der Waals surface area contributed by atoms with Crippen molar-refractivity contribution >= 4 is 97.8 Å². The molecule has 1 aliphatic carbocycles. The summed E-state index contributed by atoms with van der Waals surface area (Å²) < 4.78 is 11.1. The maximum atomic E-state index is 6.15. The van der Waals surface area contributed by atoms with Crippen molar-refractivity contribution in [2.75, 3.05) is 4.90 Å². The standard InChI is InChI=1S/C46H29N3OS/c1-46(2)36-12-6-3-9-29(36)30-18-15-27(22-37(30)46)48(28-16-19-33-32-11-5-8-14-41(32)51-42(33)23-28)26-17-20-40-35(21-26)43-44-34(24-38-45(43)50-25-47-38)31-10-4-7-13-39(31)49(40)44/h3-25H,1-2H3. The first kappa shape index (κ1) is 27.6. The fourth-order valence-electron chi connectivity index (χ4n) is 9.14. The predicted octanol–water partition coefficient (Wildman–Crippen LogP) is 13.1. The number of nitrogens with zero attached hydrogens (tertiary/aromatic N) is 3. The van der Waals surface area contributed by atoms with E-state index in [9.17, 15) is 0 Å². The lowest BCUT2D eigenvalue weighted by Gasteiger charge is -2.28. The topological polar surface area (TPSA) is 33.7 Å². The number of fused-ring (bicyclic) bond motifs is 14. The molecule has 0 amide bonds. The van der Waals surface area contributed by atoms with E-state index in [4.69, 9.17) is 4.42 Å². The summed E-state index contributed by atoms with van der Waals surface area (Å²) in [5, 5.41) is 7.30. The van der Waals surface area contributed by atoms with E-state index in [0.29, 0.717) is 0 Å². The first-order chi connectivity index (χ1) is 25.0. The molecule has 7 aromatic carbocycles. The van der Waals surface area contributed by atoms with Crippen LogP contribution >= 0.6 is 11.3 Å². The van der Waals surface area contributed by atoms with Crippen molar-refractivity contribution in [2.45, 2.75) is 19.3 Å². The third-order valence-corrected chi connectivity index (χ3v) is 12.6. The molecule has 4 nitrogen and oxygen atoms in total. The Morgan fingerprint density at radius 2 is 1.29 bits per heavy atom. The second-order valence-corrected chi connectivity index (χ2v) is 15.5. The van der Waals surface area contributed by atoms with Crippen molar-refractivity contribution in [3.8, 4) is 11.1 Å².